The molecule has 1 fully saturated rings. The average Bonchev–Trinajstić information content (AvgIpc) is 3.44. The van der Waals surface area contributed by atoms with Crippen LogP contribution < -0.4 is 14.4 Å². The summed E-state index contributed by atoms with van der Waals surface area (Å²) < 4.78 is 11.5. The Morgan fingerprint density at radius 3 is 2.19 bits per heavy atom. The second kappa shape index (κ2) is 8.96. The van der Waals surface area contributed by atoms with Crippen LogP contribution in [0, 0.1) is 5.92 Å². The SMILES string of the molecule is O=C(Oc1ccc(N2C(=O)c3cccc4cc(Oc5ccccc5)cc(c34)C2=O)cc1)C1CCCC1. The molecule has 6 heteroatoms. The van der Waals surface area contributed by atoms with Crippen LogP contribution in [0.25, 0.3) is 10.8 Å². The summed E-state index contributed by atoms with van der Waals surface area (Å²) >= 11 is 0. The first-order valence-corrected chi connectivity index (χ1v) is 12.1. The second-order valence-corrected chi connectivity index (χ2v) is 9.13. The fourth-order valence-electron chi connectivity index (χ4n) is 5.02. The highest BCUT2D eigenvalue weighted by atomic mass is 16.5. The van der Waals surface area contributed by atoms with E-state index in [0.29, 0.717) is 39.4 Å². The van der Waals surface area contributed by atoms with Crippen molar-refractivity contribution in [2.45, 2.75) is 25.7 Å². The standard InChI is InChI=1S/C30H23NO5/c32-28-25-12-6-9-20-17-24(35-22-10-2-1-3-11-22)18-26(27(20)25)29(33)31(28)21-13-15-23(16-14-21)36-30(34)19-7-4-5-8-19/h1-3,6,9-19H,4-5,7-8H2. The van der Waals surface area contributed by atoms with E-state index >= 15 is 0 Å². The molecule has 36 heavy (non-hydrogen) atoms. The van der Waals surface area contributed by atoms with Crippen LogP contribution in [0.3, 0.4) is 0 Å². The number of benzene rings is 4. The van der Waals surface area contributed by atoms with Crippen LogP contribution in [0.4, 0.5) is 5.69 Å². The number of esters is 1. The van der Waals surface area contributed by atoms with E-state index in [1.54, 1.807) is 42.5 Å². The smallest absolute Gasteiger partial charge is 0.314 e. The van der Waals surface area contributed by atoms with Gasteiger partial charge in [0.2, 0.25) is 0 Å². The fourth-order valence-corrected chi connectivity index (χ4v) is 5.02. The van der Waals surface area contributed by atoms with Crippen molar-refractivity contribution >= 4 is 34.2 Å². The molecule has 1 aliphatic heterocycles. The molecule has 2 amide bonds. The molecule has 6 nitrogen and oxygen atoms in total. The third-order valence-corrected chi connectivity index (χ3v) is 6.80. The third kappa shape index (κ3) is 3.90. The average molecular weight is 478 g/mol. The van der Waals surface area contributed by atoms with Gasteiger partial charge >= 0.3 is 5.97 Å². The largest absolute Gasteiger partial charge is 0.457 e. The molecule has 0 spiro atoms. The minimum Gasteiger partial charge on any atom is -0.457 e. The summed E-state index contributed by atoms with van der Waals surface area (Å²) in [6.45, 7) is 0. The molecule has 2 aliphatic rings. The van der Waals surface area contributed by atoms with Gasteiger partial charge in [-0.1, -0.05) is 43.2 Å². The molecule has 4 aromatic carbocycles. The topological polar surface area (TPSA) is 72.9 Å². The van der Waals surface area contributed by atoms with E-state index in [1.165, 1.54) is 0 Å². The predicted molar refractivity (Wildman–Crippen MR) is 136 cm³/mol. The highest BCUT2D eigenvalue weighted by Gasteiger charge is 2.34. The molecule has 0 atom stereocenters. The zero-order valence-electron chi connectivity index (χ0n) is 19.5. The number of imide groups is 1. The fraction of sp³-hybridized carbons (Fsp3) is 0.167. The minimum absolute atomic E-state index is 0.0563. The molecule has 0 saturated heterocycles. The lowest BCUT2D eigenvalue weighted by atomic mass is 9.93. The number of carbonyl (C=O) groups excluding carboxylic acids is 3. The van der Waals surface area contributed by atoms with Crippen LogP contribution in [-0.2, 0) is 4.79 Å². The van der Waals surface area contributed by atoms with Crippen molar-refractivity contribution in [1.82, 2.24) is 0 Å². The van der Waals surface area contributed by atoms with Crippen molar-refractivity contribution in [1.29, 1.82) is 0 Å². The van der Waals surface area contributed by atoms with E-state index in [9.17, 15) is 14.4 Å². The lowest BCUT2D eigenvalue weighted by molar-refractivity contribution is -0.138. The maximum atomic E-state index is 13.6. The normalized spacial score (nSPS) is 15.4. The Bertz CT molecular complexity index is 1490. The Balaban J connectivity index is 1.32. The van der Waals surface area contributed by atoms with Crippen LogP contribution in [0.2, 0.25) is 0 Å². The van der Waals surface area contributed by atoms with E-state index in [2.05, 4.69) is 0 Å². The van der Waals surface area contributed by atoms with Gasteiger partial charge < -0.3 is 9.47 Å². The first kappa shape index (κ1) is 22.0. The van der Waals surface area contributed by atoms with Gasteiger partial charge in [-0.05, 0) is 72.8 Å². The molecule has 0 bridgehead atoms. The number of anilines is 1. The van der Waals surface area contributed by atoms with Crippen molar-refractivity contribution in [2.24, 2.45) is 5.92 Å². The van der Waals surface area contributed by atoms with Crippen molar-refractivity contribution < 1.29 is 23.9 Å². The number of hydrogen-bond acceptors (Lipinski definition) is 5. The third-order valence-electron chi connectivity index (χ3n) is 6.80. The van der Waals surface area contributed by atoms with Gasteiger partial charge in [0.15, 0.2) is 0 Å². The Morgan fingerprint density at radius 1 is 0.722 bits per heavy atom. The number of rotatable bonds is 5. The summed E-state index contributed by atoms with van der Waals surface area (Å²) in [6.07, 6.45) is 3.80. The zero-order chi connectivity index (χ0) is 24.6. The molecular formula is C30H23NO5. The minimum atomic E-state index is -0.432. The van der Waals surface area contributed by atoms with Gasteiger partial charge in [0.25, 0.3) is 11.8 Å². The van der Waals surface area contributed by atoms with Gasteiger partial charge in [-0.25, -0.2) is 4.90 Å². The number of carbonyl (C=O) groups is 3. The summed E-state index contributed by atoms with van der Waals surface area (Å²) in [5, 5.41) is 1.37. The highest BCUT2D eigenvalue weighted by molar-refractivity contribution is 6.36. The molecule has 178 valence electrons. The first-order valence-electron chi connectivity index (χ1n) is 12.1. The van der Waals surface area contributed by atoms with Crippen LogP contribution in [0.5, 0.6) is 17.2 Å². The molecule has 0 N–H and O–H groups in total. The molecule has 4 aromatic rings. The van der Waals surface area contributed by atoms with E-state index in [-0.39, 0.29) is 11.9 Å². The molecule has 1 saturated carbocycles. The molecular weight excluding hydrogens is 454 g/mol. The van der Waals surface area contributed by atoms with Gasteiger partial charge in [0.1, 0.15) is 17.2 Å². The summed E-state index contributed by atoms with van der Waals surface area (Å²) in [6, 6.07) is 24.7. The van der Waals surface area contributed by atoms with Gasteiger partial charge in [0.05, 0.1) is 17.2 Å². The molecule has 1 heterocycles. The Labute approximate surface area is 208 Å². The second-order valence-electron chi connectivity index (χ2n) is 9.13. The Morgan fingerprint density at radius 2 is 1.44 bits per heavy atom. The van der Waals surface area contributed by atoms with E-state index in [0.717, 1.165) is 36.0 Å². The monoisotopic (exact) mass is 477 g/mol. The van der Waals surface area contributed by atoms with Crippen LogP contribution in [-0.4, -0.2) is 17.8 Å². The molecule has 0 radical (unpaired) electrons. The summed E-state index contributed by atoms with van der Waals surface area (Å²) in [5.74, 6) is 0.449. The van der Waals surface area contributed by atoms with E-state index in [4.69, 9.17) is 9.47 Å². The van der Waals surface area contributed by atoms with E-state index in [1.807, 2.05) is 42.5 Å². The number of hydrogen-bond donors (Lipinski definition) is 0. The first-order chi connectivity index (χ1) is 17.6. The van der Waals surface area contributed by atoms with Gasteiger partial charge in [-0.2, -0.15) is 0 Å². The van der Waals surface area contributed by atoms with Crippen molar-refractivity contribution in [3.8, 4) is 17.2 Å². The summed E-state index contributed by atoms with van der Waals surface area (Å²) in [5.41, 5.74) is 1.25. The maximum Gasteiger partial charge on any atom is 0.314 e. The van der Waals surface area contributed by atoms with Gasteiger partial charge in [-0.15, -0.1) is 0 Å². The Hall–Kier alpha value is -4.45. The van der Waals surface area contributed by atoms with E-state index < -0.39 is 11.8 Å². The molecule has 0 aromatic heterocycles. The number of nitrogens with zero attached hydrogens (tertiary/aromatic N) is 1. The number of para-hydroxylation sites is 1. The predicted octanol–water partition coefficient (Wildman–Crippen LogP) is 6.53. The van der Waals surface area contributed by atoms with Crippen LogP contribution in [0.1, 0.15) is 46.4 Å². The summed E-state index contributed by atoms with van der Waals surface area (Å²) in [7, 11) is 0. The molecule has 6 rings (SSSR count). The number of ether oxygens (including phenoxy) is 2. The van der Waals surface area contributed by atoms with Crippen LogP contribution in [0.15, 0.2) is 84.9 Å². The van der Waals surface area contributed by atoms with Crippen molar-refractivity contribution in [3.63, 3.8) is 0 Å². The van der Waals surface area contributed by atoms with Gasteiger partial charge in [-0.3, -0.25) is 14.4 Å². The van der Waals surface area contributed by atoms with Crippen molar-refractivity contribution in [2.75, 3.05) is 4.90 Å². The molecule has 0 unspecified atom stereocenters. The zero-order valence-corrected chi connectivity index (χ0v) is 19.5. The highest BCUT2D eigenvalue weighted by Crippen LogP contribution is 2.37. The lowest BCUT2D eigenvalue weighted by Gasteiger charge is -2.27. The van der Waals surface area contributed by atoms with Gasteiger partial charge in [0, 0.05) is 10.9 Å². The Kier molecular flexibility index (Phi) is 5.49. The summed E-state index contributed by atoms with van der Waals surface area (Å²) in [4.78, 5) is 40.6. The maximum absolute atomic E-state index is 13.6. The lowest BCUT2D eigenvalue weighted by Crippen LogP contribution is -2.40. The van der Waals surface area contributed by atoms with Crippen molar-refractivity contribution in [3.05, 3.63) is 96.1 Å². The number of amides is 2. The van der Waals surface area contributed by atoms with Crippen LogP contribution >= 0.6 is 0 Å². The quantitative estimate of drug-likeness (QED) is 0.186. The molecule has 1 aliphatic carbocycles.